The van der Waals surface area contributed by atoms with E-state index in [1.165, 1.54) is 0 Å². The molecule has 0 saturated heterocycles. The molecule has 1 unspecified atom stereocenters. The first-order valence-corrected chi connectivity index (χ1v) is 5.73. The second-order valence-electron chi connectivity index (χ2n) is 4.02. The van der Waals surface area contributed by atoms with Crippen LogP contribution in [0, 0.1) is 11.8 Å². The summed E-state index contributed by atoms with van der Waals surface area (Å²) in [7, 11) is 0. The molecule has 0 aromatic heterocycles. The smallest absolute Gasteiger partial charge is 0.408 e. The predicted molar refractivity (Wildman–Crippen MR) is 68.6 cm³/mol. The summed E-state index contributed by atoms with van der Waals surface area (Å²) in [4.78, 5) is 21.8. The van der Waals surface area contributed by atoms with Crippen LogP contribution in [0.5, 0.6) is 0 Å². The minimum atomic E-state index is -0.604. The number of nitrogens with one attached hydrogen (secondary N) is 1. The van der Waals surface area contributed by atoms with E-state index in [2.05, 4.69) is 17.2 Å². The van der Waals surface area contributed by atoms with Crippen LogP contribution in [0.15, 0.2) is 0 Å². The summed E-state index contributed by atoms with van der Waals surface area (Å²) in [5.74, 6) is 5.37. The topological polar surface area (TPSA) is 55.4 Å². The zero-order valence-electron chi connectivity index (χ0n) is 11.6. The van der Waals surface area contributed by atoms with E-state index in [4.69, 9.17) is 4.74 Å². The minimum Gasteiger partial charge on any atom is -0.444 e. The molecule has 0 aromatic carbocycles. The van der Waals surface area contributed by atoms with Gasteiger partial charge in [-0.2, -0.15) is 0 Å². The lowest BCUT2D eigenvalue weighted by molar-refractivity contribution is -0.109. The second-order valence-corrected chi connectivity index (χ2v) is 4.02. The van der Waals surface area contributed by atoms with Crippen molar-refractivity contribution in [3.8, 4) is 11.8 Å². The first-order valence-electron chi connectivity index (χ1n) is 5.73. The monoisotopic (exact) mass is 241 g/mol. The number of carbonyl (C=O) groups is 2. The van der Waals surface area contributed by atoms with Gasteiger partial charge in [-0.15, -0.1) is 11.8 Å². The van der Waals surface area contributed by atoms with Crippen molar-refractivity contribution in [2.24, 2.45) is 0 Å². The number of amides is 1. The summed E-state index contributed by atoms with van der Waals surface area (Å²) in [6, 6.07) is -0.604. The summed E-state index contributed by atoms with van der Waals surface area (Å²) in [6.45, 7) is 11.0. The maximum Gasteiger partial charge on any atom is 0.408 e. The zero-order chi connectivity index (χ0) is 13.9. The van der Waals surface area contributed by atoms with Crippen LogP contribution in [0.3, 0.4) is 0 Å². The third kappa shape index (κ3) is 12.4. The van der Waals surface area contributed by atoms with Gasteiger partial charge in [-0.1, -0.05) is 13.8 Å². The molecule has 98 valence electrons. The molecular weight excluding hydrogens is 218 g/mol. The van der Waals surface area contributed by atoms with Crippen LogP contribution in [0.4, 0.5) is 4.79 Å². The molecule has 0 fully saturated rings. The maximum absolute atomic E-state index is 11.3. The number of carbonyl (C=O) groups excluding carboxylic acids is 2. The maximum atomic E-state index is 11.3. The van der Waals surface area contributed by atoms with E-state index in [0.717, 1.165) is 0 Å². The lowest BCUT2D eigenvalue weighted by atomic mass is 10.2. The Labute approximate surface area is 104 Å². The Morgan fingerprint density at radius 3 is 2.29 bits per heavy atom. The van der Waals surface area contributed by atoms with Gasteiger partial charge in [0, 0.05) is 6.42 Å². The van der Waals surface area contributed by atoms with Crippen molar-refractivity contribution in [1.29, 1.82) is 0 Å². The third-order valence-electron chi connectivity index (χ3n) is 1.37. The molecule has 0 aromatic rings. The van der Waals surface area contributed by atoms with E-state index in [0.29, 0.717) is 12.7 Å². The predicted octanol–water partition coefficient (Wildman–Crippen LogP) is 2.52. The molecule has 0 aliphatic rings. The van der Waals surface area contributed by atoms with Crippen LogP contribution in [-0.4, -0.2) is 24.0 Å². The van der Waals surface area contributed by atoms with E-state index in [1.807, 2.05) is 13.8 Å². The highest BCUT2D eigenvalue weighted by Crippen LogP contribution is 2.06. The van der Waals surface area contributed by atoms with Gasteiger partial charge >= 0.3 is 6.09 Å². The average Bonchev–Trinajstić information content (AvgIpc) is 2.24. The molecule has 0 saturated carbocycles. The van der Waals surface area contributed by atoms with Gasteiger partial charge in [0.15, 0.2) is 0 Å². The van der Waals surface area contributed by atoms with Gasteiger partial charge in [0.1, 0.15) is 11.9 Å². The Kier molecular flexibility index (Phi) is 10.2. The van der Waals surface area contributed by atoms with E-state index >= 15 is 0 Å². The number of ether oxygens (including phenoxy) is 1. The molecule has 0 aliphatic carbocycles. The number of rotatable bonds is 3. The molecule has 4 heteroatoms. The molecule has 1 amide bonds. The third-order valence-corrected chi connectivity index (χ3v) is 1.37. The molecule has 0 rings (SSSR count). The highest BCUT2D eigenvalue weighted by molar-refractivity contribution is 5.73. The Bertz CT molecular complexity index is 281. The summed E-state index contributed by atoms with van der Waals surface area (Å²) < 4.78 is 4.99. The van der Waals surface area contributed by atoms with Crippen LogP contribution < -0.4 is 5.32 Å². The summed E-state index contributed by atoms with van der Waals surface area (Å²) >= 11 is 0. The quantitative estimate of drug-likeness (QED) is 0.610. The number of aldehydes is 1. The SMILES string of the molecule is CC.CC#CCC(C=O)NC(=O)OC(C)(C)C. The Balaban J connectivity index is 0. The number of hydrogen-bond donors (Lipinski definition) is 1. The molecule has 1 N–H and O–H groups in total. The standard InChI is InChI=1S/C11H17NO3.C2H6/c1-5-6-7-9(8-13)12-10(14)15-11(2,3)4;1-2/h8-9H,7H2,1-4H3,(H,12,14);1-2H3. The van der Waals surface area contributed by atoms with Gasteiger partial charge in [-0.25, -0.2) is 4.79 Å². The van der Waals surface area contributed by atoms with Crippen molar-refractivity contribution in [3.05, 3.63) is 0 Å². The van der Waals surface area contributed by atoms with Crippen molar-refractivity contribution < 1.29 is 14.3 Å². The molecular formula is C13H23NO3. The highest BCUT2D eigenvalue weighted by atomic mass is 16.6. The van der Waals surface area contributed by atoms with E-state index in [1.54, 1.807) is 27.7 Å². The molecule has 0 spiro atoms. The van der Waals surface area contributed by atoms with Crippen LogP contribution in [0.1, 0.15) is 48.0 Å². The Morgan fingerprint density at radius 1 is 1.41 bits per heavy atom. The summed E-state index contributed by atoms with van der Waals surface area (Å²) in [6.07, 6.45) is 0.352. The van der Waals surface area contributed by atoms with Gasteiger partial charge in [-0.05, 0) is 27.7 Å². The van der Waals surface area contributed by atoms with Gasteiger partial charge in [0.25, 0.3) is 0 Å². The van der Waals surface area contributed by atoms with Crippen molar-refractivity contribution >= 4 is 12.4 Å². The Morgan fingerprint density at radius 2 is 1.94 bits per heavy atom. The fourth-order valence-corrected chi connectivity index (χ4v) is 0.804. The van der Waals surface area contributed by atoms with E-state index in [-0.39, 0.29) is 0 Å². The van der Waals surface area contributed by atoms with Crippen LogP contribution >= 0.6 is 0 Å². The summed E-state index contributed by atoms with van der Waals surface area (Å²) in [5.41, 5.74) is -0.562. The van der Waals surface area contributed by atoms with Gasteiger partial charge in [0.2, 0.25) is 0 Å². The molecule has 0 heterocycles. The van der Waals surface area contributed by atoms with Crippen molar-refractivity contribution in [3.63, 3.8) is 0 Å². The van der Waals surface area contributed by atoms with Crippen LogP contribution in [0.25, 0.3) is 0 Å². The van der Waals surface area contributed by atoms with Gasteiger partial charge in [-0.3, -0.25) is 0 Å². The normalized spacial score (nSPS) is 10.9. The molecule has 1 atom stereocenters. The average molecular weight is 241 g/mol. The first-order chi connectivity index (χ1) is 7.89. The lowest BCUT2D eigenvalue weighted by Crippen LogP contribution is -2.39. The minimum absolute atomic E-state index is 0.305. The molecule has 0 radical (unpaired) electrons. The zero-order valence-corrected chi connectivity index (χ0v) is 11.6. The van der Waals surface area contributed by atoms with Crippen molar-refractivity contribution in [2.75, 3.05) is 0 Å². The van der Waals surface area contributed by atoms with Gasteiger partial charge < -0.3 is 14.8 Å². The number of hydrogen-bond acceptors (Lipinski definition) is 3. The fraction of sp³-hybridized carbons (Fsp3) is 0.692. The molecule has 0 bridgehead atoms. The highest BCUT2D eigenvalue weighted by Gasteiger charge is 2.18. The first kappa shape index (κ1) is 17.9. The van der Waals surface area contributed by atoms with Crippen LogP contribution in [0.2, 0.25) is 0 Å². The second kappa shape index (κ2) is 9.71. The summed E-state index contributed by atoms with van der Waals surface area (Å²) in [5, 5.41) is 2.43. The van der Waals surface area contributed by atoms with E-state index in [9.17, 15) is 9.59 Å². The largest absolute Gasteiger partial charge is 0.444 e. The number of alkyl carbamates (subject to hydrolysis) is 1. The Hall–Kier alpha value is -1.50. The lowest BCUT2D eigenvalue weighted by Gasteiger charge is -2.20. The van der Waals surface area contributed by atoms with Crippen molar-refractivity contribution in [2.45, 2.75) is 59.6 Å². The van der Waals surface area contributed by atoms with E-state index < -0.39 is 17.7 Å². The fourth-order valence-electron chi connectivity index (χ4n) is 0.804. The van der Waals surface area contributed by atoms with Gasteiger partial charge in [0.05, 0.1) is 6.04 Å². The molecule has 0 aliphatic heterocycles. The van der Waals surface area contributed by atoms with Crippen LogP contribution in [-0.2, 0) is 9.53 Å². The molecule has 4 nitrogen and oxygen atoms in total. The molecule has 17 heavy (non-hydrogen) atoms. The van der Waals surface area contributed by atoms with Crippen molar-refractivity contribution in [1.82, 2.24) is 5.32 Å².